The van der Waals surface area contributed by atoms with E-state index in [-0.39, 0.29) is 17.9 Å². The molecular formula is C19H20N2O5S. The number of carbonyl (C=O) groups excluding carboxylic acids is 2. The van der Waals surface area contributed by atoms with Gasteiger partial charge in [0.1, 0.15) is 12.6 Å². The first kappa shape index (κ1) is 20.4. The fourth-order valence-corrected chi connectivity index (χ4v) is 2.79. The molecule has 0 fully saturated rings. The summed E-state index contributed by atoms with van der Waals surface area (Å²) in [6.45, 7) is 0.113. The fraction of sp³-hybridized carbons (Fsp3) is 0.263. The summed E-state index contributed by atoms with van der Waals surface area (Å²) < 4.78 is 5.31. The van der Waals surface area contributed by atoms with Crippen molar-refractivity contribution in [2.75, 3.05) is 12.0 Å². The predicted octanol–water partition coefficient (Wildman–Crippen LogP) is 3.19. The summed E-state index contributed by atoms with van der Waals surface area (Å²) in [6, 6.07) is 13.8. The molecule has 0 spiro atoms. The molecule has 1 atom stereocenters. The number of thioether (sulfide) groups is 1. The van der Waals surface area contributed by atoms with Crippen molar-refractivity contribution in [1.82, 2.24) is 5.32 Å². The molecule has 142 valence electrons. The normalized spacial score (nSPS) is 11.4. The molecule has 2 rings (SSSR count). The number of hydrogen-bond donors (Lipinski definition) is 1. The van der Waals surface area contributed by atoms with Crippen LogP contribution in [-0.2, 0) is 16.1 Å². The zero-order valence-electron chi connectivity index (χ0n) is 14.8. The second-order valence-corrected chi connectivity index (χ2v) is 6.69. The van der Waals surface area contributed by atoms with Crippen molar-refractivity contribution in [1.29, 1.82) is 0 Å². The van der Waals surface area contributed by atoms with Crippen LogP contribution in [0, 0.1) is 10.1 Å². The van der Waals surface area contributed by atoms with Crippen molar-refractivity contribution < 1.29 is 19.2 Å². The number of nitro groups is 1. The van der Waals surface area contributed by atoms with Crippen molar-refractivity contribution in [2.45, 2.75) is 19.1 Å². The van der Waals surface area contributed by atoms with Gasteiger partial charge in [0.25, 0.3) is 11.6 Å². The lowest BCUT2D eigenvalue weighted by Crippen LogP contribution is -2.42. The van der Waals surface area contributed by atoms with E-state index in [4.69, 9.17) is 4.74 Å². The zero-order valence-corrected chi connectivity index (χ0v) is 15.6. The van der Waals surface area contributed by atoms with Gasteiger partial charge in [-0.1, -0.05) is 36.4 Å². The van der Waals surface area contributed by atoms with Crippen molar-refractivity contribution >= 4 is 29.3 Å². The minimum Gasteiger partial charge on any atom is -0.459 e. The Kier molecular flexibility index (Phi) is 7.81. The Morgan fingerprint density at radius 1 is 1.19 bits per heavy atom. The summed E-state index contributed by atoms with van der Waals surface area (Å²) in [5.74, 6) is -0.437. The summed E-state index contributed by atoms with van der Waals surface area (Å²) in [7, 11) is 0. The molecular weight excluding hydrogens is 368 g/mol. The fourth-order valence-electron chi connectivity index (χ4n) is 2.32. The minimum absolute atomic E-state index is 0.113. The van der Waals surface area contributed by atoms with E-state index in [9.17, 15) is 19.7 Å². The van der Waals surface area contributed by atoms with Crippen molar-refractivity contribution in [3.05, 3.63) is 75.8 Å². The third-order valence-electron chi connectivity index (χ3n) is 3.74. The first-order valence-electron chi connectivity index (χ1n) is 8.26. The molecule has 0 saturated heterocycles. The number of rotatable bonds is 9. The molecule has 8 heteroatoms. The van der Waals surface area contributed by atoms with Gasteiger partial charge < -0.3 is 10.1 Å². The van der Waals surface area contributed by atoms with Gasteiger partial charge in [0.05, 0.1) is 4.92 Å². The van der Waals surface area contributed by atoms with Crippen LogP contribution in [0.3, 0.4) is 0 Å². The highest BCUT2D eigenvalue weighted by atomic mass is 32.2. The summed E-state index contributed by atoms with van der Waals surface area (Å²) >= 11 is 1.54. The molecule has 0 bridgehead atoms. The monoisotopic (exact) mass is 388 g/mol. The smallest absolute Gasteiger partial charge is 0.329 e. The zero-order chi connectivity index (χ0) is 19.6. The number of hydrogen-bond acceptors (Lipinski definition) is 6. The number of nitrogens with zero attached hydrogens (tertiary/aromatic N) is 1. The molecule has 1 N–H and O–H groups in total. The van der Waals surface area contributed by atoms with Gasteiger partial charge in [-0.25, -0.2) is 4.79 Å². The van der Waals surface area contributed by atoms with Gasteiger partial charge in [0.15, 0.2) is 0 Å². The lowest BCUT2D eigenvalue weighted by molar-refractivity contribution is -0.384. The maximum absolute atomic E-state index is 12.4. The molecule has 0 heterocycles. The second kappa shape index (κ2) is 10.3. The van der Waals surface area contributed by atoms with Crippen LogP contribution < -0.4 is 5.32 Å². The van der Waals surface area contributed by atoms with Crippen molar-refractivity contribution in [2.24, 2.45) is 0 Å². The van der Waals surface area contributed by atoms with Crippen LogP contribution in [0.4, 0.5) is 5.69 Å². The average molecular weight is 388 g/mol. The van der Waals surface area contributed by atoms with Gasteiger partial charge in [0, 0.05) is 17.7 Å². The SMILES string of the molecule is CSCC[C@@H](NC(=O)c1cccc([N+](=O)[O-])c1)C(=O)OCc1ccccc1. The first-order chi connectivity index (χ1) is 13.0. The molecule has 0 aliphatic heterocycles. The lowest BCUT2D eigenvalue weighted by Gasteiger charge is -2.17. The highest BCUT2D eigenvalue weighted by Gasteiger charge is 2.23. The number of nitrogens with one attached hydrogen (secondary N) is 1. The number of amides is 1. The Labute approximate surface area is 161 Å². The molecule has 0 aliphatic rings. The van der Waals surface area contributed by atoms with E-state index < -0.39 is 22.8 Å². The quantitative estimate of drug-likeness (QED) is 0.402. The number of ether oxygens (including phenoxy) is 1. The van der Waals surface area contributed by atoms with Gasteiger partial charge in [-0.2, -0.15) is 11.8 Å². The van der Waals surface area contributed by atoms with Crippen LogP contribution in [-0.4, -0.2) is 34.9 Å². The van der Waals surface area contributed by atoms with Crippen LogP contribution >= 0.6 is 11.8 Å². The Bertz CT molecular complexity index is 798. The van der Waals surface area contributed by atoms with Crippen LogP contribution in [0.2, 0.25) is 0 Å². The molecule has 7 nitrogen and oxygen atoms in total. The summed E-state index contributed by atoms with van der Waals surface area (Å²) in [5.41, 5.74) is 0.781. The molecule has 0 saturated carbocycles. The highest BCUT2D eigenvalue weighted by molar-refractivity contribution is 7.98. The number of esters is 1. The van der Waals surface area contributed by atoms with E-state index >= 15 is 0 Å². The van der Waals surface area contributed by atoms with Crippen LogP contribution in [0.25, 0.3) is 0 Å². The van der Waals surface area contributed by atoms with Gasteiger partial charge in [-0.15, -0.1) is 0 Å². The molecule has 1 amide bonds. The van der Waals surface area contributed by atoms with E-state index in [0.717, 1.165) is 5.56 Å². The number of non-ortho nitro benzene ring substituents is 1. The molecule has 0 aliphatic carbocycles. The van der Waals surface area contributed by atoms with E-state index in [1.54, 1.807) is 11.8 Å². The molecule has 0 unspecified atom stereocenters. The standard InChI is InChI=1S/C19H20N2O5S/c1-27-11-10-17(19(23)26-13-14-6-3-2-4-7-14)20-18(22)15-8-5-9-16(12-15)21(24)25/h2-9,12,17H,10-11,13H2,1H3,(H,20,22)/t17-/m1/s1. The van der Waals surface area contributed by atoms with Crippen LogP contribution in [0.1, 0.15) is 22.3 Å². The molecule has 2 aromatic carbocycles. The number of nitro benzene ring substituents is 1. The first-order valence-corrected chi connectivity index (χ1v) is 9.65. The van der Waals surface area contributed by atoms with E-state index in [1.165, 1.54) is 24.3 Å². The highest BCUT2D eigenvalue weighted by Crippen LogP contribution is 2.14. The van der Waals surface area contributed by atoms with Crippen molar-refractivity contribution in [3.63, 3.8) is 0 Å². The largest absolute Gasteiger partial charge is 0.459 e. The van der Waals surface area contributed by atoms with Gasteiger partial charge in [-0.3, -0.25) is 14.9 Å². The third-order valence-corrected chi connectivity index (χ3v) is 4.39. The van der Waals surface area contributed by atoms with Gasteiger partial charge in [-0.05, 0) is 30.1 Å². The second-order valence-electron chi connectivity index (χ2n) is 5.71. The molecule has 27 heavy (non-hydrogen) atoms. The number of carbonyl (C=O) groups is 2. The maximum Gasteiger partial charge on any atom is 0.329 e. The Balaban J connectivity index is 2.04. The molecule has 2 aromatic rings. The predicted molar refractivity (Wildman–Crippen MR) is 104 cm³/mol. The minimum atomic E-state index is -0.826. The Morgan fingerprint density at radius 2 is 1.93 bits per heavy atom. The van der Waals surface area contributed by atoms with E-state index in [0.29, 0.717) is 12.2 Å². The van der Waals surface area contributed by atoms with Crippen LogP contribution in [0.15, 0.2) is 54.6 Å². The Hall–Kier alpha value is -2.87. The van der Waals surface area contributed by atoms with Crippen molar-refractivity contribution in [3.8, 4) is 0 Å². The topological polar surface area (TPSA) is 98.5 Å². The van der Waals surface area contributed by atoms with Gasteiger partial charge >= 0.3 is 5.97 Å². The summed E-state index contributed by atoms with van der Waals surface area (Å²) in [4.78, 5) is 35.1. The molecule has 0 aromatic heterocycles. The number of benzene rings is 2. The van der Waals surface area contributed by atoms with E-state index in [2.05, 4.69) is 5.32 Å². The van der Waals surface area contributed by atoms with E-state index in [1.807, 2.05) is 36.6 Å². The average Bonchev–Trinajstić information content (AvgIpc) is 2.70. The maximum atomic E-state index is 12.4. The summed E-state index contributed by atoms with van der Waals surface area (Å²) in [5, 5.41) is 13.5. The molecule has 0 radical (unpaired) electrons. The van der Waals surface area contributed by atoms with Gasteiger partial charge in [0.2, 0.25) is 0 Å². The third kappa shape index (κ3) is 6.41. The lowest BCUT2D eigenvalue weighted by atomic mass is 10.1. The Morgan fingerprint density at radius 3 is 2.59 bits per heavy atom. The van der Waals surface area contributed by atoms with Crippen LogP contribution in [0.5, 0.6) is 0 Å². The summed E-state index contributed by atoms with van der Waals surface area (Å²) in [6.07, 6.45) is 2.30.